The number of carbonyl (C=O) groups excluding carboxylic acids is 1. The maximum Gasteiger partial charge on any atom is 0.264 e. The fourth-order valence-corrected chi connectivity index (χ4v) is 4.85. The van der Waals surface area contributed by atoms with Crippen molar-refractivity contribution in [3.05, 3.63) is 88.9 Å². The van der Waals surface area contributed by atoms with Crippen molar-refractivity contribution in [3.8, 4) is 5.75 Å². The van der Waals surface area contributed by atoms with E-state index in [9.17, 15) is 13.2 Å². The number of anilines is 1. The van der Waals surface area contributed by atoms with Gasteiger partial charge in [0.25, 0.3) is 10.0 Å². The van der Waals surface area contributed by atoms with Gasteiger partial charge in [-0.1, -0.05) is 59.6 Å². The molecule has 6 nitrogen and oxygen atoms in total. The Balaban J connectivity index is 1.86. The third-order valence-corrected chi connectivity index (χ3v) is 6.86. The van der Waals surface area contributed by atoms with Crippen LogP contribution in [0, 0.1) is 6.92 Å². The molecule has 3 aromatic carbocycles. The van der Waals surface area contributed by atoms with Gasteiger partial charge in [0.15, 0.2) is 0 Å². The monoisotopic (exact) mass is 472 g/mol. The summed E-state index contributed by atoms with van der Waals surface area (Å²) in [5, 5.41) is 3.02. The van der Waals surface area contributed by atoms with Crippen molar-refractivity contribution in [2.45, 2.75) is 25.3 Å². The average molecular weight is 473 g/mol. The zero-order valence-corrected chi connectivity index (χ0v) is 19.5. The molecule has 32 heavy (non-hydrogen) atoms. The van der Waals surface area contributed by atoms with Gasteiger partial charge < -0.3 is 10.1 Å². The summed E-state index contributed by atoms with van der Waals surface area (Å²) in [6.45, 7) is 4.04. The molecule has 0 aliphatic carbocycles. The Kier molecular flexibility index (Phi) is 7.77. The molecule has 0 aliphatic heterocycles. The SMILES string of the molecule is CCOc1ccccc1CNC(=O)CN(c1ccccc1Cl)S(=O)(=O)c1ccc(C)cc1. The molecule has 8 heteroatoms. The zero-order chi connectivity index (χ0) is 23.1. The Morgan fingerprint density at radius 2 is 1.66 bits per heavy atom. The molecule has 1 N–H and O–H groups in total. The van der Waals surface area contributed by atoms with Crippen LogP contribution in [0.2, 0.25) is 5.02 Å². The number of benzene rings is 3. The molecule has 0 atom stereocenters. The predicted octanol–water partition coefficient (Wildman–Crippen LogP) is 4.56. The van der Waals surface area contributed by atoms with Gasteiger partial charge in [0.2, 0.25) is 5.91 Å². The van der Waals surface area contributed by atoms with Crippen LogP contribution in [-0.4, -0.2) is 27.5 Å². The highest BCUT2D eigenvalue weighted by Gasteiger charge is 2.28. The fourth-order valence-electron chi connectivity index (χ4n) is 3.12. The lowest BCUT2D eigenvalue weighted by Crippen LogP contribution is -2.40. The molecule has 3 aromatic rings. The molecule has 0 bridgehead atoms. The van der Waals surface area contributed by atoms with E-state index in [-0.39, 0.29) is 22.2 Å². The number of nitrogens with zero attached hydrogens (tertiary/aromatic N) is 1. The van der Waals surface area contributed by atoms with Crippen LogP contribution in [-0.2, 0) is 21.4 Å². The highest BCUT2D eigenvalue weighted by atomic mass is 35.5. The second kappa shape index (κ2) is 10.5. The fraction of sp³-hybridized carbons (Fsp3) is 0.208. The maximum absolute atomic E-state index is 13.4. The third kappa shape index (κ3) is 5.60. The second-order valence-electron chi connectivity index (χ2n) is 7.09. The standard InChI is InChI=1S/C24H25ClN2O4S/c1-3-31-23-11-7-4-8-19(23)16-26-24(28)17-27(22-10-6-5-9-21(22)25)32(29,30)20-14-12-18(2)13-15-20/h4-15H,3,16-17H2,1-2H3,(H,26,28). The van der Waals surface area contributed by atoms with E-state index in [1.807, 2.05) is 38.1 Å². The number of rotatable bonds is 9. The molecule has 0 aromatic heterocycles. The number of aryl methyl sites for hydroxylation is 1. The van der Waals surface area contributed by atoms with Crippen LogP contribution in [0.3, 0.4) is 0 Å². The molecule has 0 radical (unpaired) electrons. The van der Waals surface area contributed by atoms with E-state index in [0.29, 0.717) is 12.4 Å². The normalized spacial score (nSPS) is 11.1. The van der Waals surface area contributed by atoms with E-state index < -0.39 is 22.5 Å². The van der Waals surface area contributed by atoms with Crippen LogP contribution in [0.25, 0.3) is 0 Å². The quantitative estimate of drug-likeness (QED) is 0.495. The number of amides is 1. The van der Waals surface area contributed by atoms with E-state index in [1.165, 1.54) is 12.1 Å². The van der Waals surface area contributed by atoms with Crippen molar-refractivity contribution >= 4 is 33.2 Å². The van der Waals surface area contributed by atoms with Crippen LogP contribution in [0.15, 0.2) is 77.7 Å². The van der Waals surface area contributed by atoms with E-state index in [4.69, 9.17) is 16.3 Å². The molecule has 1 amide bonds. The van der Waals surface area contributed by atoms with Gasteiger partial charge in [0.1, 0.15) is 12.3 Å². The number of hydrogen-bond acceptors (Lipinski definition) is 4. The summed E-state index contributed by atoms with van der Waals surface area (Å²) in [6, 6.07) is 20.4. The largest absolute Gasteiger partial charge is 0.494 e. The first kappa shape index (κ1) is 23.6. The number of halogens is 1. The summed E-state index contributed by atoms with van der Waals surface area (Å²) in [7, 11) is -4.02. The molecule has 3 rings (SSSR count). The van der Waals surface area contributed by atoms with Crippen LogP contribution in [0.4, 0.5) is 5.69 Å². The first-order chi connectivity index (χ1) is 15.3. The van der Waals surface area contributed by atoms with Crippen molar-refractivity contribution in [2.75, 3.05) is 17.5 Å². The summed E-state index contributed by atoms with van der Waals surface area (Å²) < 4.78 is 33.4. The lowest BCUT2D eigenvalue weighted by atomic mass is 10.2. The van der Waals surface area contributed by atoms with Crippen LogP contribution < -0.4 is 14.4 Å². The zero-order valence-electron chi connectivity index (χ0n) is 17.9. The molecule has 0 aliphatic rings. The minimum atomic E-state index is -4.02. The van der Waals surface area contributed by atoms with E-state index in [0.717, 1.165) is 15.4 Å². The molecular weight excluding hydrogens is 448 g/mol. The number of carbonyl (C=O) groups is 1. The Morgan fingerprint density at radius 3 is 2.34 bits per heavy atom. The highest BCUT2D eigenvalue weighted by Crippen LogP contribution is 2.30. The molecule has 0 saturated heterocycles. The summed E-state index contributed by atoms with van der Waals surface area (Å²) in [6.07, 6.45) is 0. The molecule has 0 spiro atoms. The van der Waals surface area contributed by atoms with Gasteiger partial charge >= 0.3 is 0 Å². The third-order valence-electron chi connectivity index (χ3n) is 4.77. The minimum Gasteiger partial charge on any atom is -0.494 e. The van der Waals surface area contributed by atoms with Gasteiger partial charge in [-0.3, -0.25) is 9.10 Å². The highest BCUT2D eigenvalue weighted by molar-refractivity contribution is 7.92. The second-order valence-corrected chi connectivity index (χ2v) is 9.36. The number of sulfonamides is 1. The molecule has 0 fully saturated rings. The molecule has 0 heterocycles. The first-order valence-corrected chi connectivity index (χ1v) is 12.0. The van der Waals surface area contributed by atoms with Gasteiger partial charge in [-0.25, -0.2) is 8.42 Å². The van der Waals surface area contributed by atoms with Crippen molar-refractivity contribution in [1.29, 1.82) is 0 Å². The van der Waals surface area contributed by atoms with E-state index >= 15 is 0 Å². The lowest BCUT2D eigenvalue weighted by Gasteiger charge is -2.25. The molecule has 168 valence electrons. The summed E-state index contributed by atoms with van der Waals surface area (Å²) in [5.74, 6) is 0.206. The summed E-state index contributed by atoms with van der Waals surface area (Å²) >= 11 is 6.30. The molecule has 0 unspecified atom stereocenters. The van der Waals surface area contributed by atoms with Crippen molar-refractivity contribution in [3.63, 3.8) is 0 Å². The van der Waals surface area contributed by atoms with E-state index in [2.05, 4.69) is 5.32 Å². The summed E-state index contributed by atoms with van der Waals surface area (Å²) in [5.41, 5.74) is 1.96. The topological polar surface area (TPSA) is 75.7 Å². The predicted molar refractivity (Wildman–Crippen MR) is 127 cm³/mol. The van der Waals surface area contributed by atoms with Crippen molar-refractivity contribution < 1.29 is 17.9 Å². The van der Waals surface area contributed by atoms with Gasteiger partial charge in [-0.2, -0.15) is 0 Å². The minimum absolute atomic E-state index is 0.0810. The number of ether oxygens (including phenoxy) is 1. The first-order valence-electron chi connectivity index (χ1n) is 10.1. The Hall–Kier alpha value is -3.03. The molecule has 0 saturated carbocycles. The summed E-state index contributed by atoms with van der Waals surface area (Å²) in [4.78, 5) is 12.9. The van der Waals surface area contributed by atoms with Gasteiger partial charge in [-0.15, -0.1) is 0 Å². The maximum atomic E-state index is 13.4. The van der Waals surface area contributed by atoms with Gasteiger partial charge in [0, 0.05) is 12.1 Å². The van der Waals surface area contributed by atoms with Crippen molar-refractivity contribution in [2.24, 2.45) is 0 Å². The van der Waals surface area contributed by atoms with Crippen LogP contribution in [0.5, 0.6) is 5.75 Å². The number of nitrogens with one attached hydrogen (secondary N) is 1. The number of para-hydroxylation sites is 2. The Labute approximate surface area is 193 Å². The molecular formula is C24H25ClN2O4S. The van der Waals surface area contributed by atoms with Gasteiger partial charge in [-0.05, 0) is 44.2 Å². The Morgan fingerprint density at radius 1 is 1.00 bits per heavy atom. The average Bonchev–Trinajstić information content (AvgIpc) is 2.78. The van der Waals surface area contributed by atoms with E-state index in [1.54, 1.807) is 36.4 Å². The number of hydrogen-bond donors (Lipinski definition) is 1. The van der Waals surface area contributed by atoms with Crippen molar-refractivity contribution in [1.82, 2.24) is 5.32 Å². The smallest absolute Gasteiger partial charge is 0.264 e. The Bertz CT molecular complexity index is 1180. The lowest BCUT2D eigenvalue weighted by molar-refractivity contribution is -0.119. The van der Waals surface area contributed by atoms with Crippen LogP contribution in [0.1, 0.15) is 18.1 Å². The van der Waals surface area contributed by atoms with Gasteiger partial charge in [0.05, 0.1) is 22.2 Å². The van der Waals surface area contributed by atoms with Crippen LogP contribution >= 0.6 is 11.6 Å².